The molecule has 0 spiro atoms. The van der Waals surface area contributed by atoms with Gasteiger partial charge < -0.3 is 15.7 Å². The molecule has 0 bridgehead atoms. The minimum Gasteiger partial charge on any atom is -0.480 e. The molecule has 0 unspecified atom stereocenters. The van der Waals surface area contributed by atoms with Crippen LogP contribution in [0.3, 0.4) is 0 Å². The topological polar surface area (TPSA) is 78.4 Å². The van der Waals surface area contributed by atoms with E-state index in [-0.39, 0.29) is 6.03 Å². The fourth-order valence-electron chi connectivity index (χ4n) is 2.18. The van der Waals surface area contributed by atoms with Crippen LogP contribution in [0.25, 0.3) is 0 Å². The van der Waals surface area contributed by atoms with Crippen molar-refractivity contribution in [3.8, 4) is 0 Å². The summed E-state index contributed by atoms with van der Waals surface area (Å²) in [7, 11) is 0. The molecule has 17 heavy (non-hydrogen) atoms. The summed E-state index contributed by atoms with van der Waals surface area (Å²) in [4.78, 5) is 22.2. The van der Waals surface area contributed by atoms with Gasteiger partial charge in [0, 0.05) is 6.54 Å². The van der Waals surface area contributed by atoms with E-state index in [1.54, 1.807) is 6.92 Å². The third-order valence-corrected chi connectivity index (χ3v) is 3.29. The van der Waals surface area contributed by atoms with Crippen LogP contribution >= 0.6 is 0 Å². The number of hydrogen-bond acceptors (Lipinski definition) is 2. The molecular formula is C12H22N2O3. The zero-order valence-corrected chi connectivity index (χ0v) is 10.4. The van der Waals surface area contributed by atoms with Crippen molar-refractivity contribution in [3.05, 3.63) is 0 Å². The monoisotopic (exact) mass is 242 g/mol. The van der Waals surface area contributed by atoms with Crippen LogP contribution in [0, 0.1) is 5.92 Å². The molecule has 0 aromatic rings. The first kappa shape index (κ1) is 13.8. The van der Waals surface area contributed by atoms with Crippen molar-refractivity contribution in [1.82, 2.24) is 10.6 Å². The number of rotatable bonds is 5. The van der Waals surface area contributed by atoms with Crippen LogP contribution in [-0.4, -0.2) is 29.7 Å². The van der Waals surface area contributed by atoms with Gasteiger partial charge in [-0.3, -0.25) is 0 Å². The molecule has 1 saturated carbocycles. The summed E-state index contributed by atoms with van der Waals surface area (Å²) in [5.41, 5.74) is 0. The summed E-state index contributed by atoms with van der Waals surface area (Å²) in [5, 5.41) is 14.0. The van der Waals surface area contributed by atoms with E-state index >= 15 is 0 Å². The Labute approximate surface area is 102 Å². The van der Waals surface area contributed by atoms with Gasteiger partial charge in [-0.15, -0.1) is 0 Å². The Balaban J connectivity index is 2.21. The third-order valence-electron chi connectivity index (χ3n) is 3.29. The Bertz CT molecular complexity index is 262. The second-order valence-electron chi connectivity index (χ2n) is 4.66. The number of nitrogens with one attached hydrogen (secondary N) is 2. The molecule has 98 valence electrons. The van der Waals surface area contributed by atoms with E-state index in [0.717, 1.165) is 12.8 Å². The highest BCUT2D eigenvalue weighted by Gasteiger charge is 2.18. The number of hydrogen-bond donors (Lipinski definition) is 3. The number of carbonyl (C=O) groups excluding carboxylic acids is 1. The van der Waals surface area contributed by atoms with Crippen molar-refractivity contribution in [2.24, 2.45) is 5.92 Å². The minimum atomic E-state index is -0.986. The van der Waals surface area contributed by atoms with Crippen LogP contribution in [-0.2, 0) is 4.79 Å². The zero-order valence-electron chi connectivity index (χ0n) is 10.4. The Kier molecular flexibility index (Phi) is 5.80. The molecule has 1 fully saturated rings. The maximum Gasteiger partial charge on any atom is 0.326 e. The molecule has 0 radical (unpaired) electrons. The molecule has 0 aromatic carbocycles. The van der Waals surface area contributed by atoms with Crippen molar-refractivity contribution in [1.29, 1.82) is 0 Å². The average Bonchev–Trinajstić information content (AvgIpc) is 2.34. The molecule has 1 aliphatic carbocycles. The number of amides is 2. The molecule has 1 atom stereocenters. The van der Waals surface area contributed by atoms with Gasteiger partial charge in [0.25, 0.3) is 0 Å². The smallest absolute Gasteiger partial charge is 0.326 e. The molecule has 0 aromatic heterocycles. The Morgan fingerprint density at radius 2 is 1.94 bits per heavy atom. The second-order valence-corrected chi connectivity index (χ2v) is 4.66. The molecule has 5 nitrogen and oxygen atoms in total. The van der Waals surface area contributed by atoms with Gasteiger partial charge in [0.15, 0.2) is 0 Å². The number of carboxylic acid groups (broad SMARTS) is 1. The first-order valence-electron chi connectivity index (χ1n) is 6.40. The van der Waals surface area contributed by atoms with Crippen LogP contribution in [0.4, 0.5) is 4.79 Å². The molecule has 0 aliphatic heterocycles. The third kappa shape index (κ3) is 5.06. The number of aliphatic carboxylic acids is 1. The maximum atomic E-state index is 11.5. The van der Waals surface area contributed by atoms with Crippen molar-refractivity contribution in [2.75, 3.05) is 6.54 Å². The van der Waals surface area contributed by atoms with Crippen molar-refractivity contribution < 1.29 is 14.7 Å². The minimum absolute atomic E-state index is 0.371. The fourth-order valence-corrected chi connectivity index (χ4v) is 2.18. The number of urea groups is 1. The van der Waals surface area contributed by atoms with E-state index in [4.69, 9.17) is 5.11 Å². The molecule has 0 heterocycles. The summed E-state index contributed by atoms with van der Waals surface area (Å²) in [6.07, 6.45) is 6.49. The van der Waals surface area contributed by atoms with Crippen molar-refractivity contribution >= 4 is 12.0 Å². The van der Waals surface area contributed by atoms with Gasteiger partial charge in [0.2, 0.25) is 0 Å². The molecular weight excluding hydrogens is 220 g/mol. The van der Waals surface area contributed by atoms with Crippen LogP contribution in [0.1, 0.15) is 45.4 Å². The number of carbonyl (C=O) groups is 2. The van der Waals surface area contributed by atoms with E-state index in [1.165, 1.54) is 19.3 Å². The van der Waals surface area contributed by atoms with Crippen LogP contribution < -0.4 is 10.6 Å². The Morgan fingerprint density at radius 1 is 1.29 bits per heavy atom. The highest BCUT2D eigenvalue weighted by atomic mass is 16.4. The highest BCUT2D eigenvalue weighted by Crippen LogP contribution is 2.22. The molecule has 3 N–H and O–H groups in total. The van der Waals surface area contributed by atoms with Crippen molar-refractivity contribution in [3.63, 3.8) is 0 Å². The lowest BCUT2D eigenvalue weighted by atomic mass is 9.89. The summed E-state index contributed by atoms with van der Waals surface area (Å²) in [6.45, 7) is 2.39. The summed E-state index contributed by atoms with van der Waals surface area (Å²) >= 11 is 0. The highest BCUT2D eigenvalue weighted by molar-refractivity contribution is 5.82. The summed E-state index contributed by atoms with van der Waals surface area (Å²) in [5.74, 6) is -0.431. The molecule has 1 aliphatic rings. The lowest BCUT2D eigenvalue weighted by Gasteiger charge is -2.22. The first-order valence-corrected chi connectivity index (χ1v) is 6.40. The SMILES string of the molecule is CC[C@H](NC(=O)NCC1CCCCC1)C(=O)O. The van der Waals surface area contributed by atoms with Gasteiger partial charge in [0.05, 0.1) is 0 Å². The van der Waals surface area contributed by atoms with E-state index in [0.29, 0.717) is 18.9 Å². The van der Waals surface area contributed by atoms with E-state index < -0.39 is 12.0 Å². The van der Waals surface area contributed by atoms with E-state index in [9.17, 15) is 9.59 Å². The Hall–Kier alpha value is -1.26. The van der Waals surface area contributed by atoms with Crippen LogP contribution in [0.2, 0.25) is 0 Å². The predicted octanol–water partition coefficient (Wildman–Crippen LogP) is 1.73. The molecule has 2 amide bonds. The number of carboxylic acids is 1. The van der Waals surface area contributed by atoms with Gasteiger partial charge in [-0.25, -0.2) is 9.59 Å². The lowest BCUT2D eigenvalue weighted by Crippen LogP contribution is -2.46. The van der Waals surface area contributed by atoms with Gasteiger partial charge in [-0.05, 0) is 25.2 Å². The average molecular weight is 242 g/mol. The first-order chi connectivity index (χ1) is 8.13. The van der Waals surface area contributed by atoms with Crippen LogP contribution in [0.15, 0.2) is 0 Å². The largest absolute Gasteiger partial charge is 0.480 e. The van der Waals surface area contributed by atoms with Gasteiger partial charge in [-0.1, -0.05) is 26.2 Å². The zero-order chi connectivity index (χ0) is 12.7. The van der Waals surface area contributed by atoms with E-state index in [1.807, 2.05) is 0 Å². The lowest BCUT2D eigenvalue weighted by molar-refractivity contribution is -0.139. The van der Waals surface area contributed by atoms with Gasteiger partial charge in [-0.2, -0.15) is 0 Å². The summed E-state index contributed by atoms with van der Waals surface area (Å²) < 4.78 is 0. The fraction of sp³-hybridized carbons (Fsp3) is 0.833. The maximum absolute atomic E-state index is 11.5. The molecule has 0 saturated heterocycles. The van der Waals surface area contributed by atoms with Gasteiger partial charge in [0.1, 0.15) is 6.04 Å². The second kappa shape index (κ2) is 7.14. The quantitative estimate of drug-likeness (QED) is 0.687. The van der Waals surface area contributed by atoms with Crippen LogP contribution in [0.5, 0.6) is 0 Å². The standard InChI is InChI=1S/C12H22N2O3/c1-2-10(11(15)16)14-12(17)13-8-9-6-4-3-5-7-9/h9-10H,2-8H2,1H3,(H,15,16)(H2,13,14,17)/t10-/m0/s1. The van der Waals surface area contributed by atoms with E-state index in [2.05, 4.69) is 10.6 Å². The normalized spacial score (nSPS) is 18.4. The van der Waals surface area contributed by atoms with Crippen molar-refractivity contribution in [2.45, 2.75) is 51.5 Å². The molecule has 1 rings (SSSR count). The Morgan fingerprint density at radius 3 is 2.47 bits per heavy atom. The molecule has 5 heteroatoms. The summed E-state index contributed by atoms with van der Waals surface area (Å²) in [6, 6.07) is -1.16. The van der Waals surface area contributed by atoms with Gasteiger partial charge >= 0.3 is 12.0 Å². The predicted molar refractivity (Wildman–Crippen MR) is 64.8 cm³/mol.